The van der Waals surface area contributed by atoms with Crippen LogP contribution in [-0.4, -0.2) is 15.9 Å². The van der Waals surface area contributed by atoms with E-state index in [2.05, 4.69) is 63.2 Å². The number of fused-ring (bicyclic) bond motifs is 1. The molecule has 0 aliphatic rings. The van der Waals surface area contributed by atoms with Gasteiger partial charge in [0.05, 0.1) is 5.76 Å². The normalized spacial score (nSPS) is 10.8. The molecule has 4 rings (SSSR count). The summed E-state index contributed by atoms with van der Waals surface area (Å²) in [4.78, 5) is 17.2. The average Bonchev–Trinajstić information content (AvgIpc) is 3.10. The largest absolute Gasteiger partial charge is 0.512 e. The van der Waals surface area contributed by atoms with Gasteiger partial charge in [0.2, 0.25) is 0 Å². The minimum absolute atomic E-state index is 0. The van der Waals surface area contributed by atoms with Crippen molar-refractivity contribution >= 4 is 27.3 Å². The van der Waals surface area contributed by atoms with E-state index in [1.165, 1.54) is 52.4 Å². The van der Waals surface area contributed by atoms with Gasteiger partial charge in [-0.05, 0) is 63.1 Å². The molecule has 167 valence electrons. The van der Waals surface area contributed by atoms with Crippen LogP contribution >= 0.6 is 11.3 Å². The molecule has 2 heterocycles. The molecule has 4 aromatic rings. The van der Waals surface area contributed by atoms with Crippen molar-refractivity contribution in [1.82, 2.24) is 4.98 Å². The number of pyridine rings is 1. The number of aromatic nitrogens is 1. The van der Waals surface area contributed by atoms with Gasteiger partial charge in [0.25, 0.3) is 0 Å². The van der Waals surface area contributed by atoms with Crippen LogP contribution < -0.4 is 0 Å². The minimum Gasteiger partial charge on any atom is -0.512 e. The van der Waals surface area contributed by atoms with E-state index in [-0.39, 0.29) is 31.6 Å². The second kappa shape index (κ2) is 11.3. The molecule has 0 unspecified atom stereocenters. The standard InChI is InChI=1S/C22H18NS.C5H8O2.Ir/c1-14-11-15(2)21(16(3)12-14)20-13-18-9-10-19(23-22(18)24-20)17-7-5-4-6-8-17;1-4(6)3-5(2)7;/h4-7,9-13H,1-3H3;3,6H,1-2H3;/q-1;;/b;4-3-;. The van der Waals surface area contributed by atoms with E-state index in [0.29, 0.717) is 0 Å². The number of benzene rings is 2. The Morgan fingerprint density at radius 2 is 1.72 bits per heavy atom. The van der Waals surface area contributed by atoms with Crippen LogP contribution in [0.4, 0.5) is 0 Å². The Balaban J connectivity index is 0.000000398. The van der Waals surface area contributed by atoms with Gasteiger partial charge >= 0.3 is 0 Å². The quantitative estimate of drug-likeness (QED) is 0.148. The molecule has 32 heavy (non-hydrogen) atoms. The molecule has 0 saturated carbocycles. The second-order valence-electron chi connectivity index (χ2n) is 7.65. The molecule has 3 nitrogen and oxygen atoms in total. The molecular formula is C27H26IrNO2S-. The first-order valence-electron chi connectivity index (χ1n) is 10.1. The predicted molar refractivity (Wildman–Crippen MR) is 131 cm³/mol. The number of rotatable bonds is 3. The van der Waals surface area contributed by atoms with Gasteiger partial charge < -0.3 is 5.11 Å². The van der Waals surface area contributed by atoms with Crippen LogP contribution in [0.3, 0.4) is 0 Å². The summed E-state index contributed by atoms with van der Waals surface area (Å²) in [6.07, 6.45) is 1.17. The molecule has 0 aliphatic heterocycles. The number of thiophene rings is 1. The number of nitrogens with zero attached hydrogens (tertiary/aromatic N) is 1. The molecule has 1 radical (unpaired) electrons. The number of carbonyl (C=O) groups excluding carboxylic acids is 1. The molecule has 2 aromatic heterocycles. The molecule has 0 saturated heterocycles. The number of hydrogen-bond donors (Lipinski definition) is 1. The summed E-state index contributed by atoms with van der Waals surface area (Å²) in [6, 6.07) is 22.3. The van der Waals surface area contributed by atoms with Gasteiger partial charge in [-0.2, -0.15) is 0 Å². The number of carbonyl (C=O) groups is 1. The fourth-order valence-corrected chi connectivity index (χ4v) is 4.81. The van der Waals surface area contributed by atoms with Gasteiger partial charge in [-0.15, -0.1) is 47.2 Å². The van der Waals surface area contributed by atoms with Gasteiger partial charge in [0.1, 0.15) is 4.83 Å². The van der Waals surface area contributed by atoms with Crippen molar-refractivity contribution in [2.24, 2.45) is 0 Å². The molecule has 0 spiro atoms. The Bertz CT molecular complexity index is 1230. The molecule has 0 atom stereocenters. The summed E-state index contributed by atoms with van der Waals surface area (Å²) in [5.74, 6) is -0.0625. The van der Waals surface area contributed by atoms with E-state index >= 15 is 0 Å². The first kappa shape index (κ1) is 25.7. The fourth-order valence-electron chi connectivity index (χ4n) is 3.61. The van der Waals surface area contributed by atoms with Crippen LogP contribution in [0.25, 0.3) is 31.9 Å². The predicted octanol–water partition coefficient (Wildman–Crippen LogP) is 7.39. The summed E-state index contributed by atoms with van der Waals surface area (Å²) in [6.45, 7) is 9.38. The van der Waals surface area contributed by atoms with E-state index in [9.17, 15) is 4.79 Å². The average molecular weight is 621 g/mol. The number of ketones is 1. The van der Waals surface area contributed by atoms with Gasteiger partial charge in [0.15, 0.2) is 5.78 Å². The van der Waals surface area contributed by atoms with Gasteiger partial charge in [0, 0.05) is 36.4 Å². The third kappa shape index (κ3) is 6.46. The van der Waals surface area contributed by atoms with Gasteiger partial charge in [-0.1, -0.05) is 29.8 Å². The van der Waals surface area contributed by atoms with E-state index in [1.54, 1.807) is 11.3 Å². The molecular weight excluding hydrogens is 595 g/mol. The monoisotopic (exact) mass is 621 g/mol. The van der Waals surface area contributed by atoms with Crippen molar-refractivity contribution in [1.29, 1.82) is 0 Å². The summed E-state index contributed by atoms with van der Waals surface area (Å²) in [7, 11) is 0. The van der Waals surface area contributed by atoms with Crippen LogP contribution in [0.15, 0.2) is 66.4 Å². The third-order valence-corrected chi connectivity index (χ3v) is 5.77. The molecule has 0 aliphatic carbocycles. The fraction of sp³-hybridized carbons (Fsp3) is 0.185. The van der Waals surface area contributed by atoms with E-state index in [1.807, 2.05) is 18.2 Å². The van der Waals surface area contributed by atoms with Crippen molar-refractivity contribution < 1.29 is 30.0 Å². The molecule has 5 heteroatoms. The Labute approximate surface area is 207 Å². The number of allylic oxidation sites excluding steroid dienone is 2. The van der Waals surface area contributed by atoms with E-state index in [4.69, 9.17) is 10.1 Å². The Kier molecular flexibility index (Phi) is 9.09. The number of aryl methyl sites for hydroxylation is 3. The second-order valence-corrected chi connectivity index (χ2v) is 8.68. The Hall–Kier alpha value is -2.59. The van der Waals surface area contributed by atoms with Crippen LogP contribution in [0.2, 0.25) is 0 Å². The van der Waals surface area contributed by atoms with Crippen molar-refractivity contribution in [2.45, 2.75) is 34.6 Å². The Morgan fingerprint density at radius 3 is 2.25 bits per heavy atom. The zero-order valence-corrected chi connectivity index (χ0v) is 22.0. The summed E-state index contributed by atoms with van der Waals surface area (Å²) < 4.78 is 0. The van der Waals surface area contributed by atoms with Crippen molar-refractivity contribution in [2.75, 3.05) is 0 Å². The smallest absolute Gasteiger partial charge is 0.155 e. The van der Waals surface area contributed by atoms with E-state index < -0.39 is 0 Å². The van der Waals surface area contributed by atoms with Gasteiger partial charge in [-0.25, -0.2) is 0 Å². The zero-order valence-electron chi connectivity index (χ0n) is 18.8. The maximum atomic E-state index is 10.0. The van der Waals surface area contributed by atoms with Crippen LogP contribution in [0.1, 0.15) is 30.5 Å². The summed E-state index contributed by atoms with van der Waals surface area (Å²) >= 11 is 1.77. The molecule has 0 bridgehead atoms. The number of aliphatic hydroxyl groups excluding tert-OH is 1. The maximum absolute atomic E-state index is 10.0. The molecule has 1 N–H and O–H groups in total. The molecule has 0 fully saturated rings. The molecule has 2 aromatic carbocycles. The van der Waals surface area contributed by atoms with Gasteiger partial charge in [-0.3, -0.25) is 9.78 Å². The number of hydrogen-bond acceptors (Lipinski definition) is 4. The Morgan fingerprint density at radius 1 is 1.03 bits per heavy atom. The van der Waals surface area contributed by atoms with E-state index in [0.717, 1.165) is 16.1 Å². The van der Waals surface area contributed by atoms with Crippen molar-refractivity contribution in [3.05, 3.63) is 89.2 Å². The first-order chi connectivity index (χ1) is 14.7. The minimum atomic E-state index is -0.125. The van der Waals surface area contributed by atoms with Crippen LogP contribution in [0.5, 0.6) is 0 Å². The third-order valence-electron chi connectivity index (χ3n) is 4.70. The molecule has 0 amide bonds. The van der Waals surface area contributed by atoms with Crippen molar-refractivity contribution in [3.63, 3.8) is 0 Å². The topological polar surface area (TPSA) is 50.2 Å². The number of aliphatic hydroxyl groups is 1. The van der Waals surface area contributed by atoms with Crippen LogP contribution in [-0.2, 0) is 24.9 Å². The maximum Gasteiger partial charge on any atom is 0.155 e. The summed E-state index contributed by atoms with van der Waals surface area (Å²) in [5.41, 5.74) is 7.34. The first-order valence-corrected chi connectivity index (χ1v) is 10.9. The SMILES string of the molecule is CC(=O)/C=C(/C)O.Cc1cc(C)c(-c2cc3ccc(-c4[c-]cccc4)nc3s2)c(C)c1.[Ir]. The van der Waals surface area contributed by atoms with Crippen LogP contribution in [0, 0.1) is 26.8 Å². The zero-order chi connectivity index (χ0) is 22.5. The summed E-state index contributed by atoms with van der Waals surface area (Å²) in [5, 5.41) is 9.57. The van der Waals surface area contributed by atoms with Crippen molar-refractivity contribution in [3.8, 4) is 21.7 Å².